The van der Waals surface area contributed by atoms with Crippen LogP contribution in [0.3, 0.4) is 0 Å². The number of nitrogen functional groups attached to an aromatic ring is 1. The van der Waals surface area contributed by atoms with Gasteiger partial charge in [0.15, 0.2) is 11.5 Å². The molecule has 2 aromatic rings. The number of nitrogens with zero attached hydrogens (tertiary/aromatic N) is 1. The number of aromatic nitrogens is 1. The molecule has 0 aliphatic heterocycles. The number of halogens is 3. The van der Waals surface area contributed by atoms with Gasteiger partial charge in [-0.15, -0.1) is 0 Å². The average molecular weight is 404 g/mol. The lowest BCUT2D eigenvalue weighted by molar-refractivity contribution is 0.0593. The number of hydrogen-bond donors (Lipinski definition) is 1. The first-order chi connectivity index (χ1) is 9.86. The molecule has 1 aromatic carbocycles. The third-order valence-electron chi connectivity index (χ3n) is 2.94. The maximum Gasteiger partial charge on any atom is 0.357 e. The lowest BCUT2D eigenvalue weighted by atomic mass is 10.1. The highest BCUT2D eigenvalue weighted by Gasteiger charge is 2.22. The van der Waals surface area contributed by atoms with Crippen molar-refractivity contribution in [2.24, 2.45) is 0 Å². The van der Waals surface area contributed by atoms with Crippen LogP contribution in [-0.2, 0) is 4.74 Å². The summed E-state index contributed by atoms with van der Waals surface area (Å²) < 4.78 is 32.6. The molecule has 1 heterocycles. The molecule has 0 saturated heterocycles. The maximum atomic E-state index is 14.3. The van der Waals surface area contributed by atoms with Crippen molar-refractivity contribution in [3.63, 3.8) is 0 Å². The summed E-state index contributed by atoms with van der Waals surface area (Å²) in [4.78, 5) is 15.6. The molecule has 0 aliphatic rings. The number of methoxy groups -OCH3 is 1. The summed E-state index contributed by atoms with van der Waals surface area (Å²) in [6.07, 6.45) is 0. The Hall–Kier alpha value is -1.77. The molecule has 0 bridgehead atoms. The molecule has 2 N–H and O–H groups in total. The number of anilines is 1. The van der Waals surface area contributed by atoms with Crippen LogP contribution in [-0.4, -0.2) is 18.1 Å². The summed E-state index contributed by atoms with van der Waals surface area (Å²) in [6, 6.07) is 4.16. The van der Waals surface area contributed by atoms with E-state index in [9.17, 15) is 13.6 Å². The summed E-state index contributed by atoms with van der Waals surface area (Å²) >= 11 is 1.71. The topological polar surface area (TPSA) is 65.2 Å². The van der Waals surface area contributed by atoms with E-state index in [2.05, 4.69) is 9.72 Å². The van der Waals surface area contributed by atoms with Crippen LogP contribution < -0.4 is 5.73 Å². The number of benzene rings is 1. The molecule has 0 aliphatic carbocycles. The van der Waals surface area contributed by atoms with Crippen LogP contribution in [0.15, 0.2) is 18.2 Å². The molecule has 110 valence electrons. The molecule has 7 heteroatoms. The molecule has 0 radical (unpaired) electrons. The Morgan fingerprint density at radius 2 is 2.05 bits per heavy atom. The van der Waals surface area contributed by atoms with E-state index in [1.54, 1.807) is 29.5 Å². The van der Waals surface area contributed by atoms with Crippen LogP contribution in [0.5, 0.6) is 0 Å². The summed E-state index contributed by atoms with van der Waals surface area (Å²) in [5.74, 6) is -2.03. The Morgan fingerprint density at radius 3 is 2.62 bits per heavy atom. The van der Waals surface area contributed by atoms with Crippen molar-refractivity contribution in [3.05, 3.63) is 44.7 Å². The maximum absolute atomic E-state index is 14.3. The Bertz CT molecular complexity index is 735. The van der Waals surface area contributed by atoms with Crippen LogP contribution in [0.25, 0.3) is 11.3 Å². The molecular weight excluding hydrogens is 393 g/mol. The largest absolute Gasteiger partial charge is 0.464 e. The fourth-order valence-electron chi connectivity index (χ4n) is 1.72. The molecule has 1 aromatic heterocycles. The molecule has 0 fully saturated rings. The minimum absolute atomic E-state index is 0.104. The Kier molecular flexibility index (Phi) is 4.40. The minimum Gasteiger partial charge on any atom is -0.464 e. The van der Waals surface area contributed by atoms with Crippen LogP contribution in [0.2, 0.25) is 0 Å². The number of carbonyl (C=O) groups excluding carboxylic acids is 1. The molecule has 0 unspecified atom stereocenters. The van der Waals surface area contributed by atoms with Crippen LogP contribution >= 0.6 is 22.6 Å². The van der Waals surface area contributed by atoms with Gasteiger partial charge < -0.3 is 10.5 Å². The minimum atomic E-state index is -0.796. The van der Waals surface area contributed by atoms with Crippen molar-refractivity contribution in [2.75, 3.05) is 12.8 Å². The number of hydrogen-bond acceptors (Lipinski definition) is 4. The molecule has 0 amide bonds. The first-order valence-electron chi connectivity index (χ1n) is 5.86. The molecule has 21 heavy (non-hydrogen) atoms. The number of esters is 1. The predicted octanol–water partition coefficient (Wildman–Crippen LogP) is 3.31. The van der Waals surface area contributed by atoms with E-state index in [1.165, 1.54) is 19.2 Å². The standard InChI is InChI=1S/C14H11F2IN2O2/c1-6-3-4-7(5-8(6)15)12-9(16)11(18)10(17)13(19-12)14(20)21-2/h3-5H,1-2H3,(H2,18,19). The van der Waals surface area contributed by atoms with Gasteiger partial charge in [-0.2, -0.15) is 0 Å². The first-order valence-corrected chi connectivity index (χ1v) is 6.94. The Labute approximate surface area is 133 Å². The molecular formula is C14H11F2IN2O2. The van der Waals surface area contributed by atoms with Gasteiger partial charge in [-0.25, -0.2) is 18.6 Å². The van der Waals surface area contributed by atoms with Gasteiger partial charge in [-0.05, 0) is 41.1 Å². The van der Waals surface area contributed by atoms with E-state index in [-0.39, 0.29) is 26.2 Å². The molecule has 2 rings (SSSR count). The quantitative estimate of drug-likeness (QED) is 0.617. The van der Waals surface area contributed by atoms with Gasteiger partial charge in [0.05, 0.1) is 16.4 Å². The highest BCUT2D eigenvalue weighted by molar-refractivity contribution is 14.1. The fraction of sp³-hybridized carbons (Fsp3) is 0.143. The SMILES string of the molecule is COC(=O)c1nc(-c2ccc(C)c(F)c2)c(F)c(N)c1I. The molecule has 0 atom stereocenters. The summed E-state index contributed by atoms with van der Waals surface area (Å²) in [7, 11) is 1.19. The van der Waals surface area contributed by atoms with Crippen molar-refractivity contribution in [2.45, 2.75) is 6.92 Å². The van der Waals surface area contributed by atoms with Crippen molar-refractivity contribution in [3.8, 4) is 11.3 Å². The second-order valence-corrected chi connectivity index (χ2v) is 5.38. The molecule has 4 nitrogen and oxygen atoms in total. The van der Waals surface area contributed by atoms with E-state index >= 15 is 0 Å². The van der Waals surface area contributed by atoms with E-state index in [0.29, 0.717) is 5.56 Å². The third kappa shape index (κ3) is 2.82. The zero-order chi connectivity index (χ0) is 15.7. The van der Waals surface area contributed by atoms with Gasteiger partial charge in [0.25, 0.3) is 0 Å². The molecule has 0 spiro atoms. The van der Waals surface area contributed by atoms with Gasteiger partial charge in [-0.1, -0.05) is 12.1 Å². The second-order valence-electron chi connectivity index (χ2n) is 4.31. The van der Waals surface area contributed by atoms with E-state index in [0.717, 1.165) is 6.07 Å². The third-order valence-corrected chi connectivity index (χ3v) is 4.03. The van der Waals surface area contributed by atoms with Crippen LogP contribution in [0.1, 0.15) is 16.1 Å². The number of nitrogens with two attached hydrogens (primary N) is 1. The van der Waals surface area contributed by atoms with Gasteiger partial charge in [-0.3, -0.25) is 0 Å². The first kappa shape index (κ1) is 15.6. The van der Waals surface area contributed by atoms with Crippen molar-refractivity contribution in [1.29, 1.82) is 0 Å². The second kappa shape index (κ2) is 5.92. The van der Waals surface area contributed by atoms with Gasteiger partial charge in [0.1, 0.15) is 11.5 Å². The highest BCUT2D eigenvalue weighted by Crippen LogP contribution is 2.30. The number of ether oxygens (including phenoxy) is 1. The zero-order valence-corrected chi connectivity index (χ0v) is 13.4. The monoisotopic (exact) mass is 404 g/mol. The lowest BCUT2D eigenvalue weighted by Crippen LogP contribution is -2.12. The highest BCUT2D eigenvalue weighted by atomic mass is 127. The van der Waals surface area contributed by atoms with Gasteiger partial charge >= 0.3 is 5.97 Å². The smallest absolute Gasteiger partial charge is 0.357 e. The van der Waals surface area contributed by atoms with Gasteiger partial charge in [0, 0.05) is 5.56 Å². The van der Waals surface area contributed by atoms with Gasteiger partial charge in [0.2, 0.25) is 0 Å². The number of aryl methyl sites for hydroxylation is 1. The number of pyridine rings is 1. The predicted molar refractivity (Wildman–Crippen MR) is 82.8 cm³/mol. The summed E-state index contributed by atoms with van der Waals surface area (Å²) in [5.41, 5.74) is 5.77. The van der Waals surface area contributed by atoms with Crippen LogP contribution in [0, 0.1) is 22.1 Å². The van der Waals surface area contributed by atoms with E-state index in [4.69, 9.17) is 5.73 Å². The van der Waals surface area contributed by atoms with Crippen molar-refractivity contribution >= 4 is 34.2 Å². The number of rotatable bonds is 2. The van der Waals surface area contributed by atoms with E-state index < -0.39 is 17.6 Å². The Morgan fingerprint density at radius 1 is 1.38 bits per heavy atom. The summed E-state index contributed by atoms with van der Waals surface area (Å²) in [5, 5.41) is 0. The normalized spacial score (nSPS) is 10.5. The zero-order valence-electron chi connectivity index (χ0n) is 11.2. The molecule has 0 saturated carbocycles. The Balaban J connectivity index is 2.71. The van der Waals surface area contributed by atoms with Crippen molar-refractivity contribution in [1.82, 2.24) is 4.98 Å². The van der Waals surface area contributed by atoms with E-state index in [1.807, 2.05) is 0 Å². The summed E-state index contributed by atoms with van der Waals surface area (Å²) in [6.45, 7) is 1.59. The lowest BCUT2D eigenvalue weighted by Gasteiger charge is -2.11. The van der Waals surface area contributed by atoms with Crippen LogP contribution in [0.4, 0.5) is 14.5 Å². The fourth-order valence-corrected chi connectivity index (χ4v) is 2.30. The average Bonchev–Trinajstić information content (AvgIpc) is 2.47. The number of carbonyl (C=O) groups is 1. The van der Waals surface area contributed by atoms with Crippen molar-refractivity contribution < 1.29 is 18.3 Å².